The summed E-state index contributed by atoms with van der Waals surface area (Å²) in [4.78, 5) is 12.1. The fourth-order valence-corrected chi connectivity index (χ4v) is 2.21. The summed E-state index contributed by atoms with van der Waals surface area (Å²) < 4.78 is 1.39. The van der Waals surface area contributed by atoms with Crippen molar-refractivity contribution in [2.24, 2.45) is 0 Å². The Morgan fingerprint density at radius 1 is 0.947 bits per heavy atom. The van der Waals surface area contributed by atoms with E-state index < -0.39 is 0 Å². The average molecular weight is 251 g/mol. The van der Waals surface area contributed by atoms with Gasteiger partial charge in [-0.15, -0.1) is 0 Å². The van der Waals surface area contributed by atoms with Crippen LogP contribution in [0.5, 0.6) is 5.88 Å². The van der Waals surface area contributed by atoms with Crippen molar-refractivity contribution in [3.63, 3.8) is 0 Å². The first-order valence-corrected chi connectivity index (χ1v) is 6.11. The van der Waals surface area contributed by atoms with Crippen LogP contribution < -0.4 is 5.56 Å². The average Bonchev–Trinajstić information content (AvgIpc) is 2.45. The fourth-order valence-electron chi connectivity index (χ4n) is 2.21. The van der Waals surface area contributed by atoms with E-state index in [1.807, 2.05) is 54.6 Å². The summed E-state index contributed by atoms with van der Waals surface area (Å²) in [6, 6.07) is 18.5. The summed E-state index contributed by atoms with van der Waals surface area (Å²) in [5, 5.41) is 11.7. The first-order chi connectivity index (χ1) is 9.25. The molecule has 0 spiro atoms. The highest BCUT2D eigenvalue weighted by molar-refractivity contribution is 5.86. The first kappa shape index (κ1) is 11.5. The molecule has 0 saturated heterocycles. The SMILES string of the molecule is O=c1cc2ccccc2c(O)n1Cc1ccccc1. The van der Waals surface area contributed by atoms with Gasteiger partial charge >= 0.3 is 0 Å². The van der Waals surface area contributed by atoms with Crippen molar-refractivity contribution < 1.29 is 5.11 Å². The minimum atomic E-state index is -0.194. The van der Waals surface area contributed by atoms with Crippen LogP contribution in [0.15, 0.2) is 65.5 Å². The van der Waals surface area contributed by atoms with Crippen LogP contribution in [0.4, 0.5) is 0 Å². The van der Waals surface area contributed by atoms with Gasteiger partial charge in [-0.1, -0.05) is 48.5 Å². The van der Waals surface area contributed by atoms with Crippen LogP contribution in [0.3, 0.4) is 0 Å². The smallest absolute Gasteiger partial charge is 0.254 e. The Kier molecular flexibility index (Phi) is 2.80. The first-order valence-electron chi connectivity index (χ1n) is 6.11. The van der Waals surface area contributed by atoms with E-state index >= 15 is 0 Å². The molecule has 0 aliphatic heterocycles. The summed E-state index contributed by atoms with van der Waals surface area (Å²) >= 11 is 0. The number of aromatic nitrogens is 1. The van der Waals surface area contributed by atoms with E-state index in [0.29, 0.717) is 11.9 Å². The lowest BCUT2D eigenvalue weighted by Crippen LogP contribution is -2.19. The minimum Gasteiger partial charge on any atom is -0.494 e. The van der Waals surface area contributed by atoms with Crippen LogP contribution in [-0.2, 0) is 6.54 Å². The summed E-state index contributed by atoms with van der Waals surface area (Å²) in [6.07, 6.45) is 0. The van der Waals surface area contributed by atoms with Gasteiger partial charge < -0.3 is 5.11 Å². The van der Waals surface area contributed by atoms with Gasteiger partial charge in [-0.25, -0.2) is 0 Å². The fraction of sp³-hybridized carbons (Fsp3) is 0.0625. The molecule has 0 fully saturated rings. The molecule has 3 heteroatoms. The maximum Gasteiger partial charge on any atom is 0.254 e. The van der Waals surface area contributed by atoms with Crippen LogP contribution in [0.1, 0.15) is 5.56 Å². The van der Waals surface area contributed by atoms with Gasteiger partial charge in [-0.05, 0) is 17.0 Å². The third-order valence-corrected chi connectivity index (χ3v) is 3.19. The molecule has 0 atom stereocenters. The van der Waals surface area contributed by atoms with Gasteiger partial charge in [0.05, 0.1) is 6.54 Å². The summed E-state index contributed by atoms with van der Waals surface area (Å²) in [7, 11) is 0. The second kappa shape index (κ2) is 4.61. The second-order valence-electron chi connectivity index (χ2n) is 4.47. The second-order valence-corrected chi connectivity index (χ2v) is 4.47. The molecule has 0 aliphatic carbocycles. The number of rotatable bonds is 2. The van der Waals surface area contributed by atoms with Gasteiger partial charge in [0.1, 0.15) is 0 Å². The standard InChI is InChI=1S/C16H13NO2/c18-15-10-13-8-4-5-9-14(13)16(19)17(15)11-12-6-2-1-3-7-12/h1-10,19H,11H2. The van der Waals surface area contributed by atoms with Gasteiger partial charge in [0.25, 0.3) is 5.56 Å². The lowest BCUT2D eigenvalue weighted by Gasteiger charge is -2.10. The minimum absolute atomic E-state index is 0.0203. The van der Waals surface area contributed by atoms with Crippen molar-refractivity contribution in [1.82, 2.24) is 4.57 Å². The highest BCUT2D eigenvalue weighted by Crippen LogP contribution is 2.22. The molecule has 19 heavy (non-hydrogen) atoms. The number of pyridine rings is 1. The Labute approximate surface area is 110 Å². The van der Waals surface area contributed by atoms with Crippen molar-refractivity contribution in [2.75, 3.05) is 0 Å². The maximum atomic E-state index is 12.1. The highest BCUT2D eigenvalue weighted by atomic mass is 16.3. The van der Waals surface area contributed by atoms with Crippen molar-refractivity contribution in [1.29, 1.82) is 0 Å². The molecule has 3 aromatic rings. The molecule has 1 heterocycles. The Morgan fingerprint density at radius 3 is 2.42 bits per heavy atom. The van der Waals surface area contributed by atoms with Gasteiger partial charge in [-0.3, -0.25) is 9.36 Å². The van der Waals surface area contributed by atoms with E-state index in [-0.39, 0.29) is 11.4 Å². The largest absolute Gasteiger partial charge is 0.494 e. The highest BCUT2D eigenvalue weighted by Gasteiger charge is 2.08. The van der Waals surface area contributed by atoms with Crippen LogP contribution >= 0.6 is 0 Å². The molecule has 3 nitrogen and oxygen atoms in total. The molecule has 0 amide bonds. The molecule has 1 N–H and O–H groups in total. The molecule has 0 bridgehead atoms. The molecule has 0 radical (unpaired) electrons. The Bertz CT molecular complexity index is 776. The van der Waals surface area contributed by atoms with Gasteiger partial charge in [0, 0.05) is 11.5 Å². The van der Waals surface area contributed by atoms with Crippen LogP contribution in [0.2, 0.25) is 0 Å². The van der Waals surface area contributed by atoms with Crippen molar-refractivity contribution in [3.05, 3.63) is 76.6 Å². The number of nitrogens with zero attached hydrogens (tertiary/aromatic N) is 1. The zero-order valence-electron chi connectivity index (χ0n) is 10.3. The van der Waals surface area contributed by atoms with Crippen LogP contribution in [0, 0.1) is 0 Å². The van der Waals surface area contributed by atoms with Crippen molar-refractivity contribution in [3.8, 4) is 5.88 Å². The number of hydrogen-bond donors (Lipinski definition) is 1. The number of fused-ring (bicyclic) bond motifs is 1. The number of aromatic hydroxyl groups is 1. The van der Waals surface area contributed by atoms with Crippen molar-refractivity contribution in [2.45, 2.75) is 6.54 Å². The van der Waals surface area contributed by atoms with E-state index in [1.54, 1.807) is 6.07 Å². The molecule has 0 saturated carbocycles. The van der Waals surface area contributed by atoms with E-state index in [1.165, 1.54) is 4.57 Å². The van der Waals surface area contributed by atoms with Crippen LogP contribution in [-0.4, -0.2) is 9.67 Å². The molecule has 1 aromatic heterocycles. The third kappa shape index (κ3) is 2.10. The molecule has 0 aliphatic rings. The predicted octanol–water partition coefficient (Wildman–Crippen LogP) is 2.76. The van der Waals surface area contributed by atoms with Gasteiger partial charge in [0.2, 0.25) is 5.88 Å². The van der Waals surface area contributed by atoms with Crippen molar-refractivity contribution >= 4 is 10.8 Å². The zero-order valence-corrected chi connectivity index (χ0v) is 10.3. The molecule has 2 aromatic carbocycles. The zero-order chi connectivity index (χ0) is 13.2. The summed E-state index contributed by atoms with van der Waals surface area (Å²) in [6.45, 7) is 0.371. The lowest BCUT2D eigenvalue weighted by molar-refractivity contribution is 0.422. The number of benzene rings is 2. The summed E-state index contributed by atoms with van der Waals surface area (Å²) in [5.74, 6) is 0.0203. The maximum absolute atomic E-state index is 12.1. The molecular weight excluding hydrogens is 238 g/mol. The number of hydrogen-bond acceptors (Lipinski definition) is 2. The van der Waals surface area contributed by atoms with E-state index in [4.69, 9.17) is 0 Å². The molecular formula is C16H13NO2. The monoisotopic (exact) mass is 251 g/mol. The molecule has 0 unspecified atom stereocenters. The predicted molar refractivity (Wildman–Crippen MR) is 75.4 cm³/mol. The normalized spacial score (nSPS) is 10.7. The quantitative estimate of drug-likeness (QED) is 0.761. The van der Waals surface area contributed by atoms with Gasteiger partial charge in [0.15, 0.2) is 0 Å². The lowest BCUT2D eigenvalue weighted by atomic mass is 10.1. The van der Waals surface area contributed by atoms with E-state index in [9.17, 15) is 9.90 Å². The Hall–Kier alpha value is -2.55. The molecule has 3 rings (SSSR count). The van der Waals surface area contributed by atoms with Gasteiger partial charge in [-0.2, -0.15) is 0 Å². The topological polar surface area (TPSA) is 42.2 Å². The van der Waals surface area contributed by atoms with E-state index in [2.05, 4.69) is 0 Å². The third-order valence-electron chi connectivity index (χ3n) is 3.19. The summed E-state index contributed by atoms with van der Waals surface area (Å²) in [5.41, 5.74) is 0.787. The Morgan fingerprint density at radius 2 is 1.63 bits per heavy atom. The van der Waals surface area contributed by atoms with E-state index in [0.717, 1.165) is 10.9 Å². The Balaban J connectivity index is 2.16. The molecule has 94 valence electrons. The van der Waals surface area contributed by atoms with Crippen LogP contribution in [0.25, 0.3) is 10.8 Å².